The maximum absolute atomic E-state index is 11.9. The predicted octanol–water partition coefficient (Wildman–Crippen LogP) is 3.38. The average molecular weight is 253 g/mol. The molecule has 0 saturated carbocycles. The fourth-order valence-corrected chi connectivity index (χ4v) is 1.66. The summed E-state index contributed by atoms with van der Waals surface area (Å²) in [5.41, 5.74) is 1.32. The van der Waals surface area contributed by atoms with Gasteiger partial charge < -0.3 is 4.74 Å². The lowest BCUT2D eigenvalue weighted by Crippen LogP contribution is -1.97. The van der Waals surface area contributed by atoms with E-state index < -0.39 is 0 Å². The third kappa shape index (κ3) is 3.52. The van der Waals surface area contributed by atoms with Gasteiger partial charge in [0.15, 0.2) is 0 Å². The number of ether oxygens (including phenoxy) is 1. The Balaban J connectivity index is 2.17. The van der Waals surface area contributed by atoms with Crippen molar-refractivity contribution < 1.29 is 9.53 Å². The number of ketones is 1. The molecule has 0 saturated heterocycles. The first-order chi connectivity index (χ1) is 9.31. The lowest BCUT2D eigenvalue weighted by atomic mass is 10.1. The van der Waals surface area contributed by atoms with Gasteiger partial charge in [0.25, 0.3) is 0 Å². The summed E-state index contributed by atoms with van der Waals surface area (Å²) in [6.45, 7) is 2.53. The summed E-state index contributed by atoms with van der Waals surface area (Å²) < 4.78 is 5.50. The van der Waals surface area contributed by atoms with Crippen molar-refractivity contribution in [1.82, 2.24) is 4.98 Å². The number of carbonyl (C=O) groups is 1. The first-order valence-corrected chi connectivity index (χ1v) is 6.16. The molecule has 1 aromatic heterocycles. The Morgan fingerprint density at radius 1 is 1.21 bits per heavy atom. The average Bonchev–Trinajstić information content (AvgIpc) is 2.47. The number of hydrogen-bond donors (Lipinski definition) is 0. The highest BCUT2D eigenvalue weighted by molar-refractivity contribution is 6.05. The third-order valence-corrected chi connectivity index (χ3v) is 2.55. The van der Waals surface area contributed by atoms with Gasteiger partial charge in [0, 0.05) is 11.8 Å². The SMILES string of the molecule is CCOc1ccccc1/C=C/C(=O)c1ccccn1. The van der Waals surface area contributed by atoms with Gasteiger partial charge in [-0.15, -0.1) is 0 Å². The van der Waals surface area contributed by atoms with Crippen LogP contribution in [0, 0.1) is 0 Å². The molecule has 0 radical (unpaired) electrons. The van der Waals surface area contributed by atoms with Crippen LogP contribution in [0.4, 0.5) is 0 Å². The van der Waals surface area contributed by atoms with Crippen LogP contribution in [-0.2, 0) is 0 Å². The van der Waals surface area contributed by atoms with Crippen molar-refractivity contribution in [1.29, 1.82) is 0 Å². The molecular formula is C16H15NO2. The lowest BCUT2D eigenvalue weighted by Gasteiger charge is -2.05. The lowest BCUT2D eigenvalue weighted by molar-refractivity contribution is 0.104. The summed E-state index contributed by atoms with van der Waals surface area (Å²) in [5.74, 6) is 0.655. The van der Waals surface area contributed by atoms with Gasteiger partial charge in [0.2, 0.25) is 5.78 Å². The zero-order valence-corrected chi connectivity index (χ0v) is 10.7. The van der Waals surface area contributed by atoms with Crippen LogP contribution in [0.1, 0.15) is 23.0 Å². The molecule has 0 aliphatic rings. The quantitative estimate of drug-likeness (QED) is 0.605. The Kier molecular flexibility index (Phi) is 4.45. The van der Waals surface area contributed by atoms with Crippen molar-refractivity contribution in [3.8, 4) is 5.75 Å². The number of benzene rings is 1. The van der Waals surface area contributed by atoms with Crippen LogP contribution in [0.3, 0.4) is 0 Å². The molecule has 1 aromatic carbocycles. The number of rotatable bonds is 5. The smallest absolute Gasteiger partial charge is 0.204 e. The number of hydrogen-bond acceptors (Lipinski definition) is 3. The fourth-order valence-electron chi connectivity index (χ4n) is 1.66. The van der Waals surface area contributed by atoms with Crippen LogP contribution >= 0.6 is 0 Å². The topological polar surface area (TPSA) is 39.2 Å². The molecule has 0 bridgehead atoms. The standard InChI is InChI=1S/C16H15NO2/c1-2-19-16-9-4-3-7-13(16)10-11-15(18)14-8-5-6-12-17-14/h3-12H,2H2,1H3/b11-10+. The Labute approximate surface area is 112 Å². The highest BCUT2D eigenvalue weighted by Gasteiger charge is 2.03. The molecule has 0 fully saturated rings. The molecule has 2 rings (SSSR count). The summed E-state index contributed by atoms with van der Waals surface area (Å²) in [4.78, 5) is 15.9. The van der Waals surface area contributed by atoms with E-state index in [1.54, 1.807) is 30.5 Å². The summed E-state index contributed by atoms with van der Waals surface area (Å²) >= 11 is 0. The highest BCUT2D eigenvalue weighted by atomic mass is 16.5. The molecule has 3 nitrogen and oxygen atoms in total. The number of nitrogens with zero attached hydrogens (tertiary/aromatic N) is 1. The monoisotopic (exact) mass is 253 g/mol. The second-order valence-corrected chi connectivity index (χ2v) is 3.88. The Morgan fingerprint density at radius 3 is 2.74 bits per heavy atom. The van der Waals surface area contributed by atoms with E-state index >= 15 is 0 Å². The molecule has 0 spiro atoms. The van der Waals surface area contributed by atoms with Crippen molar-refractivity contribution in [3.05, 3.63) is 66.0 Å². The van der Waals surface area contributed by atoms with Crippen molar-refractivity contribution in [2.45, 2.75) is 6.92 Å². The Morgan fingerprint density at radius 2 is 2.00 bits per heavy atom. The fraction of sp³-hybridized carbons (Fsp3) is 0.125. The van der Waals surface area contributed by atoms with Gasteiger partial charge in [-0.25, -0.2) is 0 Å². The molecule has 0 unspecified atom stereocenters. The minimum atomic E-state index is -0.119. The molecular weight excluding hydrogens is 238 g/mol. The van der Waals surface area contributed by atoms with Gasteiger partial charge in [-0.3, -0.25) is 9.78 Å². The molecule has 96 valence electrons. The van der Waals surface area contributed by atoms with Gasteiger partial charge in [0.05, 0.1) is 6.61 Å². The van der Waals surface area contributed by atoms with Crippen LogP contribution in [0.2, 0.25) is 0 Å². The van der Waals surface area contributed by atoms with E-state index in [4.69, 9.17) is 4.74 Å². The number of pyridine rings is 1. The first-order valence-electron chi connectivity index (χ1n) is 6.16. The normalized spacial score (nSPS) is 10.6. The Bertz CT molecular complexity index is 576. The summed E-state index contributed by atoms with van der Waals surface area (Å²) in [7, 11) is 0. The zero-order chi connectivity index (χ0) is 13.5. The number of allylic oxidation sites excluding steroid dienone is 1. The van der Waals surface area contributed by atoms with E-state index in [-0.39, 0.29) is 5.78 Å². The number of aromatic nitrogens is 1. The van der Waals surface area contributed by atoms with Gasteiger partial charge in [0.1, 0.15) is 11.4 Å². The van der Waals surface area contributed by atoms with Crippen LogP contribution in [0.15, 0.2) is 54.7 Å². The van der Waals surface area contributed by atoms with E-state index in [2.05, 4.69) is 4.98 Å². The van der Waals surface area contributed by atoms with Gasteiger partial charge in [-0.2, -0.15) is 0 Å². The van der Waals surface area contributed by atoms with E-state index in [1.165, 1.54) is 6.08 Å². The Hall–Kier alpha value is -2.42. The first kappa shape index (κ1) is 13.0. The van der Waals surface area contributed by atoms with Crippen molar-refractivity contribution in [2.24, 2.45) is 0 Å². The molecule has 2 aromatic rings. The second-order valence-electron chi connectivity index (χ2n) is 3.88. The summed E-state index contributed by atoms with van der Waals surface area (Å²) in [5, 5.41) is 0. The predicted molar refractivity (Wildman–Crippen MR) is 75.2 cm³/mol. The van der Waals surface area contributed by atoms with Crippen molar-refractivity contribution in [3.63, 3.8) is 0 Å². The molecule has 0 amide bonds. The van der Waals surface area contributed by atoms with Crippen molar-refractivity contribution in [2.75, 3.05) is 6.61 Å². The van der Waals surface area contributed by atoms with E-state index in [9.17, 15) is 4.79 Å². The number of para-hydroxylation sites is 1. The van der Waals surface area contributed by atoms with E-state index in [0.717, 1.165) is 11.3 Å². The van der Waals surface area contributed by atoms with Crippen LogP contribution < -0.4 is 4.74 Å². The largest absolute Gasteiger partial charge is 0.493 e. The van der Waals surface area contributed by atoms with Crippen LogP contribution in [0.25, 0.3) is 6.08 Å². The molecule has 0 atom stereocenters. The number of carbonyl (C=O) groups excluding carboxylic acids is 1. The second kappa shape index (κ2) is 6.50. The molecule has 1 heterocycles. The molecule has 3 heteroatoms. The van der Waals surface area contributed by atoms with Gasteiger partial charge >= 0.3 is 0 Å². The minimum Gasteiger partial charge on any atom is -0.493 e. The van der Waals surface area contributed by atoms with Gasteiger partial charge in [-0.05, 0) is 37.3 Å². The van der Waals surface area contributed by atoms with E-state index in [0.29, 0.717) is 12.3 Å². The molecule has 19 heavy (non-hydrogen) atoms. The van der Waals surface area contributed by atoms with Gasteiger partial charge in [-0.1, -0.05) is 24.3 Å². The van der Waals surface area contributed by atoms with E-state index in [1.807, 2.05) is 31.2 Å². The van der Waals surface area contributed by atoms with Crippen LogP contribution in [-0.4, -0.2) is 17.4 Å². The summed E-state index contributed by atoms with van der Waals surface area (Å²) in [6, 6.07) is 12.9. The van der Waals surface area contributed by atoms with Crippen molar-refractivity contribution >= 4 is 11.9 Å². The maximum atomic E-state index is 11.9. The third-order valence-electron chi connectivity index (χ3n) is 2.55. The highest BCUT2D eigenvalue weighted by Crippen LogP contribution is 2.19. The maximum Gasteiger partial charge on any atom is 0.204 e. The zero-order valence-electron chi connectivity index (χ0n) is 10.7. The van der Waals surface area contributed by atoms with Crippen LogP contribution in [0.5, 0.6) is 5.75 Å². The molecule has 0 aliphatic heterocycles. The molecule has 0 aliphatic carbocycles. The summed E-state index contributed by atoms with van der Waals surface area (Å²) in [6.07, 6.45) is 4.87. The minimum absolute atomic E-state index is 0.119. The molecule has 0 N–H and O–H groups in total.